The lowest BCUT2D eigenvalue weighted by Gasteiger charge is -2.46. The molecule has 0 aromatic carbocycles. The second-order valence-electron chi connectivity index (χ2n) is 3.52. The van der Waals surface area contributed by atoms with Crippen LogP contribution in [0.5, 0.6) is 0 Å². The Balaban J connectivity index is 2.04. The van der Waals surface area contributed by atoms with Crippen molar-refractivity contribution < 1.29 is 4.39 Å². The Morgan fingerprint density at radius 1 is 1.70 bits per heavy atom. The van der Waals surface area contributed by atoms with Gasteiger partial charge >= 0.3 is 0 Å². The average molecular weight is 143 g/mol. The van der Waals surface area contributed by atoms with Gasteiger partial charge in [-0.25, -0.2) is 5.32 Å². The van der Waals surface area contributed by atoms with E-state index in [0.717, 1.165) is 19.5 Å². The Morgan fingerprint density at radius 3 is 3.10 bits per heavy atom. The molecule has 2 fully saturated rings. The quantitative estimate of drug-likeness (QED) is 0.547. The third-order valence-electron chi connectivity index (χ3n) is 2.88. The summed E-state index contributed by atoms with van der Waals surface area (Å²) >= 11 is 0. The van der Waals surface area contributed by atoms with Crippen molar-refractivity contribution in [3.05, 3.63) is 0 Å². The smallest absolute Gasteiger partial charge is 0.0927 e. The Labute approximate surface area is 60.0 Å². The maximum Gasteiger partial charge on any atom is 0.0927 e. The van der Waals surface area contributed by atoms with E-state index in [4.69, 9.17) is 5.73 Å². The third-order valence-corrected chi connectivity index (χ3v) is 2.88. The average Bonchev–Trinajstić information content (AvgIpc) is 2.16. The van der Waals surface area contributed by atoms with Gasteiger partial charge in [-0.3, -0.25) is 4.39 Å². The van der Waals surface area contributed by atoms with Crippen LogP contribution in [0, 0.1) is 11.8 Å². The predicted octanol–water partition coefficient (Wildman–Crippen LogP) is -0.0925. The fraction of sp³-hybridized carbons (Fsp3) is 1.00. The van der Waals surface area contributed by atoms with Gasteiger partial charge in [-0.15, -0.1) is 0 Å². The SMILES string of the molecule is N[C@]12C[N]C[C@H]1[C@@H](CF)C2. The fourth-order valence-electron chi connectivity index (χ4n) is 2.18. The van der Waals surface area contributed by atoms with E-state index in [1.54, 1.807) is 0 Å². The Morgan fingerprint density at radius 2 is 2.50 bits per heavy atom. The van der Waals surface area contributed by atoms with Crippen LogP contribution in [-0.4, -0.2) is 25.3 Å². The largest absolute Gasteiger partial charge is 0.324 e. The normalized spacial score (nSPS) is 52.2. The van der Waals surface area contributed by atoms with Gasteiger partial charge in [0.05, 0.1) is 6.67 Å². The van der Waals surface area contributed by atoms with Crippen molar-refractivity contribution >= 4 is 0 Å². The van der Waals surface area contributed by atoms with Crippen molar-refractivity contribution in [1.29, 1.82) is 0 Å². The molecule has 1 aliphatic carbocycles. The Bertz CT molecular complexity index is 151. The molecule has 3 heteroatoms. The zero-order chi connectivity index (χ0) is 7.19. The summed E-state index contributed by atoms with van der Waals surface area (Å²) in [7, 11) is 0. The van der Waals surface area contributed by atoms with Crippen LogP contribution in [0.3, 0.4) is 0 Å². The molecule has 0 spiro atoms. The molecule has 1 saturated heterocycles. The van der Waals surface area contributed by atoms with Crippen LogP contribution in [0.4, 0.5) is 4.39 Å². The highest BCUT2D eigenvalue weighted by Crippen LogP contribution is 2.44. The van der Waals surface area contributed by atoms with E-state index in [-0.39, 0.29) is 18.1 Å². The van der Waals surface area contributed by atoms with Crippen LogP contribution in [0.25, 0.3) is 0 Å². The zero-order valence-corrected chi connectivity index (χ0v) is 5.89. The summed E-state index contributed by atoms with van der Waals surface area (Å²) in [5.74, 6) is 0.578. The van der Waals surface area contributed by atoms with E-state index < -0.39 is 0 Å². The number of nitrogens with zero attached hydrogens (tertiary/aromatic N) is 1. The van der Waals surface area contributed by atoms with Gasteiger partial charge in [0.1, 0.15) is 0 Å². The molecule has 1 saturated carbocycles. The molecule has 0 bridgehead atoms. The number of hydrogen-bond donors (Lipinski definition) is 1. The third kappa shape index (κ3) is 0.648. The van der Waals surface area contributed by atoms with Crippen molar-refractivity contribution in [3.63, 3.8) is 0 Å². The summed E-state index contributed by atoms with van der Waals surface area (Å²) in [5.41, 5.74) is 5.81. The zero-order valence-electron chi connectivity index (χ0n) is 5.89. The molecule has 1 aliphatic heterocycles. The number of fused-ring (bicyclic) bond motifs is 1. The minimum atomic E-state index is -0.209. The number of hydrogen-bond acceptors (Lipinski definition) is 1. The maximum atomic E-state index is 12.1. The van der Waals surface area contributed by atoms with Crippen molar-refractivity contribution in [3.8, 4) is 0 Å². The molecule has 1 heterocycles. The van der Waals surface area contributed by atoms with Crippen LogP contribution in [0.1, 0.15) is 6.42 Å². The van der Waals surface area contributed by atoms with Crippen molar-refractivity contribution in [2.24, 2.45) is 17.6 Å². The molecular formula is C7H12FN2. The topological polar surface area (TPSA) is 40.1 Å². The van der Waals surface area contributed by atoms with Gasteiger partial charge in [-0.1, -0.05) is 0 Å². The standard InChI is InChI=1S/C7H12FN2/c8-2-5-1-7(9)4-10-3-6(5)7/h5-6H,1-4,9H2/t5-,6+,7-/m1/s1. The van der Waals surface area contributed by atoms with Gasteiger partial charge in [0, 0.05) is 18.6 Å². The van der Waals surface area contributed by atoms with E-state index in [1.807, 2.05) is 0 Å². The van der Waals surface area contributed by atoms with E-state index in [9.17, 15) is 4.39 Å². The predicted molar refractivity (Wildman–Crippen MR) is 36.4 cm³/mol. The minimum Gasteiger partial charge on any atom is -0.324 e. The number of halogens is 1. The minimum absolute atomic E-state index is 0.100. The van der Waals surface area contributed by atoms with E-state index in [2.05, 4.69) is 5.32 Å². The second kappa shape index (κ2) is 1.92. The molecule has 0 amide bonds. The van der Waals surface area contributed by atoms with Gasteiger partial charge in [0.25, 0.3) is 0 Å². The highest BCUT2D eigenvalue weighted by atomic mass is 19.1. The van der Waals surface area contributed by atoms with Gasteiger partial charge in [-0.2, -0.15) is 0 Å². The first-order valence-electron chi connectivity index (χ1n) is 3.74. The fourth-order valence-corrected chi connectivity index (χ4v) is 2.18. The van der Waals surface area contributed by atoms with E-state index in [1.165, 1.54) is 0 Å². The van der Waals surface area contributed by atoms with Crippen LogP contribution in [0.2, 0.25) is 0 Å². The molecule has 2 N–H and O–H groups in total. The number of rotatable bonds is 1. The molecule has 57 valence electrons. The molecule has 0 unspecified atom stereocenters. The second-order valence-corrected chi connectivity index (χ2v) is 3.52. The van der Waals surface area contributed by atoms with Crippen molar-refractivity contribution in [2.45, 2.75) is 12.0 Å². The summed E-state index contributed by atoms with van der Waals surface area (Å²) in [6, 6.07) is 0. The molecule has 2 aliphatic rings. The Hall–Kier alpha value is -0.150. The monoisotopic (exact) mass is 143 g/mol. The molecule has 2 rings (SSSR count). The molecule has 3 atom stereocenters. The van der Waals surface area contributed by atoms with E-state index >= 15 is 0 Å². The lowest BCUT2D eigenvalue weighted by molar-refractivity contribution is 0.0629. The van der Waals surface area contributed by atoms with Gasteiger partial charge in [0.15, 0.2) is 0 Å². The summed E-state index contributed by atoms with van der Waals surface area (Å²) < 4.78 is 12.1. The first-order valence-corrected chi connectivity index (χ1v) is 3.74. The molecule has 2 nitrogen and oxygen atoms in total. The molecule has 0 aromatic heterocycles. The summed E-state index contributed by atoms with van der Waals surface area (Å²) in [5, 5.41) is 4.19. The first kappa shape index (κ1) is 6.55. The molecule has 10 heavy (non-hydrogen) atoms. The number of nitrogens with two attached hydrogens (primary N) is 1. The molecule has 0 aromatic rings. The van der Waals surface area contributed by atoms with Gasteiger partial charge in [0.2, 0.25) is 0 Å². The highest BCUT2D eigenvalue weighted by Gasteiger charge is 2.54. The van der Waals surface area contributed by atoms with Crippen LogP contribution < -0.4 is 11.1 Å². The van der Waals surface area contributed by atoms with E-state index in [0.29, 0.717) is 5.92 Å². The van der Waals surface area contributed by atoms with Crippen LogP contribution in [0.15, 0.2) is 0 Å². The van der Waals surface area contributed by atoms with Crippen LogP contribution in [-0.2, 0) is 0 Å². The van der Waals surface area contributed by atoms with Gasteiger partial charge in [-0.05, 0) is 18.3 Å². The van der Waals surface area contributed by atoms with Crippen molar-refractivity contribution in [1.82, 2.24) is 5.32 Å². The Kier molecular flexibility index (Phi) is 1.26. The summed E-state index contributed by atoms with van der Waals surface area (Å²) in [4.78, 5) is 0. The van der Waals surface area contributed by atoms with Gasteiger partial charge < -0.3 is 5.73 Å². The summed E-state index contributed by atoms with van der Waals surface area (Å²) in [6.07, 6.45) is 0.845. The van der Waals surface area contributed by atoms with Crippen molar-refractivity contribution in [2.75, 3.05) is 19.8 Å². The summed E-state index contributed by atoms with van der Waals surface area (Å²) in [6.45, 7) is 1.35. The lowest BCUT2D eigenvalue weighted by atomic mass is 9.62. The molecule has 1 radical (unpaired) electrons. The molecular weight excluding hydrogens is 131 g/mol. The highest BCUT2D eigenvalue weighted by molar-refractivity contribution is 5.11. The lowest BCUT2D eigenvalue weighted by Crippen LogP contribution is -2.60. The first-order chi connectivity index (χ1) is 4.76. The van der Waals surface area contributed by atoms with Crippen LogP contribution >= 0.6 is 0 Å². The number of alkyl halides is 1. The maximum absolute atomic E-state index is 12.1.